The summed E-state index contributed by atoms with van der Waals surface area (Å²) in [6.45, 7) is 11.3. The van der Waals surface area contributed by atoms with E-state index < -0.39 is 17.9 Å². The van der Waals surface area contributed by atoms with Crippen LogP contribution in [0, 0.1) is 5.92 Å². The van der Waals surface area contributed by atoms with E-state index in [1.807, 2.05) is 60.7 Å². The van der Waals surface area contributed by atoms with Gasteiger partial charge in [0.05, 0.1) is 13.0 Å². The molecule has 1 atom stereocenters. The Morgan fingerprint density at radius 2 is 1.45 bits per heavy atom. The molecule has 0 aliphatic carbocycles. The number of carbonyl (C=O) groups excluding carboxylic acids is 2. The summed E-state index contributed by atoms with van der Waals surface area (Å²) in [6, 6.07) is 21.8. The van der Waals surface area contributed by atoms with E-state index in [1.165, 1.54) is 0 Å². The van der Waals surface area contributed by atoms with Crippen LogP contribution in [0.15, 0.2) is 85.2 Å². The van der Waals surface area contributed by atoms with Crippen molar-refractivity contribution >= 4 is 17.8 Å². The fourth-order valence-corrected chi connectivity index (χ4v) is 4.80. The van der Waals surface area contributed by atoms with Crippen LogP contribution in [0.25, 0.3) is 22.5 Å². The molecule has 47 heavy (non-hydrogen) atoms. The lowest BCUT2D eigenvalue weighted by Crippen LogP contribution is -2.48. The minimum atomic E-state index is -1.02. The zero-order chi connectivity index (χ0) is 34.0. The average Bonchev–Trinajstić information content (AvgIpc) is 3.04. The van der Waals surface area contributed by atoms with Crippen LogP contribution in [0.4, 0.5) is 0 Å². The fraction of sp³-hybridized carbons (Fsp3) is 0.342. The number of amides is 2. The highest BCUT2D eigenvalue weighted by atomic mass is 16.5. The molecule has 0 fully saturated rings. The number of hydrogen-bond donors (Lipinski definition) is 3. The molecule has 246 valence electrons. The molecule has 0 spiro atoms. The van der Waals surface area contributed by atoms with Crippen molar-refractivity contribution in [2.24, 2.45) is 5.92 Å². The molecule has 0 aliphatic heterocycles. The third kappa shape index (κ3) is 10.5. The summed E-state index contributed by atoms with van der Waals surface area (Å²) in [5, 5.41) is 14.4. The zero-order valence-corrected chi connectivity index (χ0v) is 27.7. The standard InChI is InChI=1S/C38H44N4O5/c1-25(2)19-21-47-32-16-12-27(13-17-32)30-23-40-35(41-24-30)28-8-6-26(7-9-28)22-33(37(46)39-20-18-34(43)44)42-36(45)29-10-14-31(15-11-29)38(3,4)5/h6-17,23-25,33H,18-22H2,1-5H3,(H,39,46)(H,42,45)(H,43,44)/t33-/m0/s1. The van der Waals surface area contributed by atoms with Crippen molar-refractivity contribution in [3.05, 3.63) is 102 Å². The molecular weight excluding hydrogens is 592 g/mol. The number of nitrogens with one attached hydrogen (secondary N) is 2. The lowest BCUT2D eigenvalue weighted by molar-refractivity contribution is -0.137. The van der Waals surface area contributed by atoms with Gasteiger partial charge in [0.2, 0.25) is 5.91 Å². The van der Waals surface area contributed by atoms with Crippen LogP contribution < -0.4 is 15.4 Å². The van der Waals surface area contributed by atoms with Crippen LogP contribution in [0.3, 0.4) is 0 Å². The molecule has 0 radical (unpaired) electrons. The molecule has 3 aromatic carbocycles. The van der Waals surface area contributed by atoms with Gasteiger partial charge in [0.25, 0.3) is 5.91 Å². The van der Waals surface area contributed by atoms with Gasteiger partial charge in [0, 0.05) is 42.0 Å². The monoisotopic (exact) mass is 636 g/mol. The number of ether oxygens (including phenoxy) is 1. The first-order valence-electron chi connectivity index (χ1n) is 15.9. The van der Waals surface area contributed by atoms with E-state index in [-0.39, 0.29) is 30.7 Å². The van der Waals surface area contributed by atoms with Gasteiger partial charge in [-0.25, -0.2) is 9.97 Å². The van der Waals surface area contributed by atoms with Crippen LogP contribution in [-0.4, -0.2) is 52.1 Å². The van der Waals surface area contributed by atoms with E-state index in [1.54, 1.807) is 24.5 Å². The third-order valence-electron chi connectivity index (χ3n) is 7.73. The summed E-state index contributed by atoms with van der Waals surface area (Å²) in [7, 11) is 0. The van der Waals surface area contributed by atoms with Crippen molar-refractivity contribution in [2.75, 3.05) is 13.2 Å². The summed E-state index contributed by atoms with van der Waals surface area (Å²) in [4.78, 5) is 46.3. The topological polar surface area (TPSA) is 131 Å². The number of carbonyl (C=O) groups is 3. The van der Waals surface area contributed by atoms with Crippen molar-refractivity contribution in [2.45, 2.75) is 65.3 Å². The fourth-order valence-electron chi connectivity index (χ4n) is 4.80. The van der Waals surface area contributed by atoms with E-state index in [2.05, 4.69) is 55.2 Å². The molecule has 2 amide bonds. The number of rotatable bonds is 14. The number of carboxylic acids is 1. The Morgan fingerprint density at radius 1 is 0.830 bits per heavy atom. The lowest BCUT2D eigenvalue weighted by Gasteiger charge is -2.20. The Morgan fingerprint density at radius 3 is 2.02 bits per heavy atom. The highest BCUT2D eigenvalue weighted by Crippen LogP contribution is 2.24. The number of aromatic nitrogens is 2. The van der Waals surface area contributed by atoms with E-state index in [4.69, 9.17) is 9.84 Å². The number of hydrogen-bond acceptors (Lipinski definition) is 6. The molecule has 0 unspecified atom stereocenters. The SMILES string of the molecule is CC(C)CCOc1ccc(-c2cnc(-c3ccc(C[C@H](NC(=O)c4ccc(C(C)(C)C)cc4)C(=O)NCCC(=O)O)cc3)nc2)cc1. The molecule has 4 aromatic rings. The Hall–Kier alpha value is -5.05. The first kappa shape index (κ1) is 34.8. The number of benzene rings is 3. The Labute approximate surface area is 276 Å². The molecule has 3 N–H and O–H groups in total. The Balaban J connectivity index is 1.42. The van der Waals surface area contributed by atoms with Crippen LogP contribution in [0.5, 0.6) is 5.75 Å². The van der Waals surface area contributed by atoms with Crippen molar-refractivity contribution < 1.29 is 24.2 Å². The minimum Gasteiger partial charge on any atom is -0.494 e. The summed E-state index contributed by atoms with van der Waals surface area (Å²) in [6.07, 6.45) is 4.57. The highest BCUT2D eigenvalue weighted by molar-refractivity contribution is 5.97. The molecule has 4 rings (SSSR count). The Bertz CT molecular complexity index is 1630. The van der Waals surface area contributed by atoms with Crippen LogP contribution >= 0.6 is 0 Å². The maximum Gasteiger partial charge on any atom is 0.305 e. The molecule has 1 heterocycles. The van der Waals surface area contributed by atoms with Crippen molar-refractivity contribution in [3.63, 3.8) is 0 Å². The third-order valence-corrected chi connectivity index (χ3v) is 7.73. The molecule has 0 saturated heterocycles. The van der Waals surface area contributed by atoms with Gasteiger partial charge < -0.3 is 20.5 Å². The van der Waals surface area contributed by atoms with E-state index >= 15 is 0 Å². The molecule has 0 saturated carbocycles. The van der Waals surface area contributed by atoms with Gasteiger partial charge in [-0.2, -0.15) is 0 Å². The van der Waals surface area contributed by atoms with Crippen LogP contribution in [0.1, 0.15) is 68.9 Å². The van der Waals surface area contributed by atoms with Crippen molar-refractivity contribution in [3.8, 4) is 28.3 Å². The zero-order valence-electron chi connectivity index (χ0n) is 27.7. The molecular formula is C38H44N4O5. The van der Waals surface area contributed by atoms with Crippen LogP contribution in [-0.2, 0) is 21.4 Å². The number of carboxylic acid groups (broad SMARTS) is 1. The quantitative estimate of drug-likeness (QED) is 0.145. The summed E-state index contributed by atoms with van der Waals surface area (Å²) in [5.41, 5.74) is 4.95. The van der Waals surface area contributed by atoms with Crippen LogP contribution in [0.2, 0.25) is 0 Å². The largest absolute Gasteiger partial charge is 0.494 e. The molecule has 9 heteroatoms. The van der Waals surface area contributed by atoms with Gasteiger partial charge >= 0.3 is 5.97 Å². The van der Waals surface area contributed by atoms with Gasteiger partial charge in [0.15, 0.2) is 5.82 Å². The first-order chi connectivity index (χ1) is 22.4. The first-order valence-corrected chi connectivity index (χ1v) is 15.9. The second kappa shape index (κ2) is 16.0. The lowest BCUT2D eigenvalue weighted by atomic mass is 9.86. The van der Waals surface area contributed by atoms with Gasteiger partial charge in [-0.15, -0.1) is 0 Å². The smallest absolute Gasteiger partial charge is 0.305 e. The summed E-state index contributed by atoms with van der Waals surface area (Å²) in [5.74, 6) is 0.129. The molecule has 0 aliphatic rings. The normalized spacial score (nSPS) is 12.0. The van der Waals surface area contributed by atoms with Gasteiger partial charge in [0.1, 0.15) is 11.8 Å². The number of aliphatic carboxylic acids is 1. The predicted molar refractivity (Wildman–Crippen MR) is 183 cm³/mol. The van der Waals surface area contributed by atoms with E-state index in [9.17, 15) is 14.4 Å². The van der Waals surface area contributed by atoms with E-state index in [0.717, 1.165) is 40.0 Å². The maximum atomic E-state index is 13.1. The summed E-state index contributed by atoms with van der Waals surface area (Å²) < 4.78 is 5.81. The molecule has 9 nitrogen and oxygen atoms in total. The van der Waals surface area contributed by atoms with Crippen molar-refractivity contribution in [1.82, 2.24) is 20.6 Å². The van der Waals surface area contributed by atoms with Gasteiger partial charge in [-0.1, -0.05) is 83.1 Å². The predicted octanol–water partition coefficient (Wildman–Crippen LogP) is 6.47. The van der Waals surface area contributed by atoms with Gasteiger partial charge in [-0.3, -0.25) is 14.4 Å². The summed E-state index contributed by atoms with van der Waals surface area (Å²) >= 11 is 0. The average molecular weight is 637 g/mol. The Kier molecular flexibility index (Phi) is 11.8. The highest BCUT2D eigenvalue weighted by Gasteiger charge is 2.23. The van der Waals surface area contributed by atoms with Crippen molar-refractivity contribution in [1.29, 1.82) is 0 Å². The maximum absolute atomic E-state index is 13.1. The molecule has 0 bridgehead atoms. The van der Waals surface area contributed by atoms with Gasteiger partial charge in [-0.05, 0) is 58.7 Å². The minimum absolute atomic E-state index is 0.0384. The molecule has 1 aromatic heterocycles. The second-order valence-electron chi connectivity index (χ2n) is 13.0. The second-order valence-corrected chi connectivity index (χ2v) is 13.0. The number of nitrogens with zero attached hydrogens (tertiary/aromatic N) is 2. The van der Waals surface area contributed by atoms with E-state index in [0.29, 0.717) is 23.9 Å².